The van der Waals surface area contributed by atoms with Crippen LogP contribution in [0.2, 0.25) is 0 Å². The van der Waals surface area contributed by atoms with Crippen LogP contribution in [0.25, 0.3) is 0 Å². The topological polar surface area (TPSA) is 122 Å². The maximum Gasteiger partial charge on any atom is 0.155 e. The fourth-order valence-corrected chi connectivity index (χ4v) is 3.55. The SMILES string of the molecule is C=N/C=C(C=O)\C(=N/CNc1ccc2c(c1)CNCC2)NC1CC=C(F)C(C(C)(C)O)=N1.CCNC. The first-order valence-electron chi connectivity index (χ1n) is 12.0. The molecule has 1 aromatic rings. The van der Waals surface area contributed by atoms with Crippen molar-refractivity contribution in [3.8, 4) is 0 Å². The van der Waals surface area contributed by atoms with Crippen molar-refractivity contribution >= 4 is 30.2 Å². The molecule has 2 heterocycles. The molecule has 0 radical (unpaired) electrons. The van der Waals surface area contributed by atoms with E-state index < -0.39 is 17.6 Å². The van der Waals surface area contributed by atoms with Gasteiger partial charge in [0.25, 0.3) is 0 Å². The van der Waals surface area contributed by atoms with E-state index in [1.807, 2.05) is 13.1 Å². The van der Waals surface area contributed by atoms with Crippen LogP contribution in [-0.4, -0.2) is 68.2 Å². The minimum Gasteiger partial charge on any atom is -0.384 e. The number of anilines is 1. The van der Waals surface area contributed by atoms with Crippen LogP contribution in [0.4, 0.5) is 10.1 Å². The normalized spacial score (nSPS) is 18.1. The van der Waals surface area contributed by atoms with Crippen LogP contribution in [0.5, 0.6) is 0 Å². The molecule has 2 aliphatic rings. The summed E-state index contributed by atoms with van der Waals surface area (Å²) in [5.74, 6) is -0.310. The Morgan fingerprint density at radius 1 is 1.39 bits per heavy atom. The van der Waals surface area contributed by atoms with Crippen LogP contribution in [0.3, 0.4) is 0 Å². The van der Waals surface area contributed by atoms with Crippen LogP contribution in [-0.2, 0) is 17.8 Å². The van der Waals surface area contributed by atoms with Crippen molar-refractivity contribution in [3.63, 3.8) is 0 Å². The zero-order chi connectivity index (χ0) is 26.6. The standard InChI is InChI=1S/C23H29FN6O2.C3H9N/c1-23(2,32)21-19(24)6-7-20(29-21)30-22(17(13-31)11-25-3)28-14-27-18-5-4-15-8-9-26-12-16(15)10-18;1-3-4-2/h4-6,10-11,13,20,26-27,32H,3,7-9,12,14H2,1-2H3,(H,28,30);4H,3H2,1-2H3/b17-11-;. The van der Waals surface area contributed by atoms with Gasteiger partial charge in [-0.2, -0.15) is 0 Å². The van der Waals surface area contributed by atoms with E-state index in [9.17, 15) is 14.3 Å². The fraction of sp³-hybridized carbons (Fsp3) is 0.462. The predicted octanol–water partition coefficient (Wildman–Crippen LogP) is 2.49. The molecule has 0 amide bonds. The van der Waals surface area contributed by atoms with Gasteiger partial charge in [-0.3, -0.25) is 14.8 Å². The lowest BCUT2D eigenvalue weighted by molar-refractivity contribution is -0.104. The molecule has 0 aliphatic carbocycles. The first-order chi connectivity index (χ1) is 17.2. The number of carbonyl (C=O) groups is 1. The number of fused-ring (bicyclic) bond motifs is 1. The number of nitrogens with zero attached hydrogens (tertiary/aromatic N) is 3. The quantitative estimate of drug-likeness (QED) is 0.154. The Hall–Kier alpha value is -3.21. The van der Waals surface area contributed by atoms with Crippen LogP contribution in [0, 0.1) is 0 Å². The summed E-state index contributed by atoms with van der Waals surface area (Å²) in [6, 6.07) is 6.19. The van der Waals surface area contributed by atoms with Gasteiger partial charge in [0.2, 0.25) is 0 Å². The summed E-state index contributed by atoms with van der Waals surface area (Å²) in [5.41, 5.74) is 2.19. The van der Waals surface area contributed by atoms with Crippen molar-refractivity contribution in [1.29, 1.82) is 0 Å². The van der Waals surface area contributed by atoms with E-state index in [1.54, 1.807) is 0 Å². The van der Waals surface area contributed by atoms with Crippen molar-refractivity contribution in [3.05, 3.63) is 53.0 Å². The predicted molar refractivity (Wildman–Crippen MR) is 146 cm³/mol. The van der Waals surface area contributed by atoms with Gasteiger partial charge >= 0.3 is 0 Å². The monoisotopic (exact) mass is 499 g/mol. The Morgan fingerprint density at radius 2 is 2.14 bits per heavy atom. The average Bonchev–Trinajstić information content (AvgIpc) is 2.87. The number of rotatable bonds is 9. The summed E-state index contributed by atoms with van der Waals surface area (Å²) in [6.45, 7) is 11.5. The first-order valence-corrected chi connectivity index (χ1v) is 12.0. The molecule has 5 N–H and O–H groups in total. The maximum atomic E-state index is 14.1. The van der Waals surface area contributed by atoms with Gasteiger partial charge in [0.15, 0.2) is 6.29 Å². The van der Waals surface area contributed by atoms with Gasteiger partial charge < -0.3 is 26.4 Å². The summed E-state index contributed by atoms with van der Waals surface area (Å²) < 4.78 is 14.1. The molecule has 0 fully saturated rings. The zero-order valence-electron chi connectivity index (χ0n) is 21.6. The third-order valence-corrected chi connectivity index (χ3v) is 5.51. The van der Waals surface area contributed by atoms with Gasteiger partial charge in [0.1, 0.15) is 35.8 Å². The van der Waals surface area contributed by atoms with Crippen LogP contribution in [0.15, 0.2) is 56.9 Å². The minimum atomic E-state index is -1.44. The number of carbonyl (C=O) groups excluding carboxylic acids is 1. The lowest BCUT2D eigenvalue weighted by Crippen LogP contribution is -2.41. The second kappa shape index (κ2) is 14.4. The Balaban J connectivity index is 0.00000106. The second-order valence-electron chi connectivity index (χ2n) is 8.83. The summed E-state index contributed by atoms with van der Waals surface area (Å²) in [5, 5.41) is 22.7. The number of hydrogen-bond acceptors (Lipinski definition) is 8. The molecule has 2 aliphatic heterocycles. The Labute approximate surface area is 212 Å². The molecule has 0 saturated heterocycles. The lowest BCUT2D eigenvalue weighted by atomic mass is 9.98. The van der Waals surface area contributed by atoms with Crippen LogP contribution >= 0.6 is 0 Å². The molecule has 0 aromatic heterocycles. The third-order valence-electron chi connectivity index (χ3n) is 5.51. The van der Waals surface area contributed by atoms with Crippen molar-refractivity contribution in [1.82, 2.24) is 16.0 Å². The lowest BCUT2D eigenvalue weighted by Gasteiger charge is -2.26. The molecule has 36 heavy (non-hydrogen) atoms. The number of hydrogen-bond donors (Lipinski definition) is 5. The number of benzene rings is 1. The molecule has 196 valence electrons. The van der Waals surface area contributed by atoms with Gasteiger partial charge in [-0.25, -0.2) is 9.38 Å². The van der Waals surface area contributed by atoms with Gasteiger partial charge in [-0.15, -0.1) is 0 Å². The number of aliphatic hydroxyl groups is 1. The maximum absolute atomic E-state index is 14.1. The number of nitrogens with one attached hydrogen (secondary N) is 4. The molecule has 1 aromatic carbocycles. The number of amidine groups is 1. The molecular formula is C26H38FN7O2. The molecular weight excluding hydrogens is 461 g/mol. The molecule has 0 spiro atoms. The van der Waals surface area contributed by atoms with Gasteiger partial charge in [-0.1, -0.05) is 13.0 Å². The highest BCUT2D eigenvalue weighted by molar-refractivity contribution is 6.14. The molecule has 0 saturated carbocycles. The number of dihydropyridines is 1. The van der Waals surface area contributed by atoms with Crippen molar-refractivity contribution in [2.75, 3.05) is 32.1 Å². The van der Waals surface area contributed by atoms with E-state index in [1.165, 1.54) is 37.3 Å². The fourth-order valence-electron chi connectivity index (χ4n) is 3.55. The highest BCUT2D eigenvalue weighted by atomic mass is 19.1. The molecule has 10 heteroatoms. The van der Waals surface area contributed by atoms with Crippen molar-refractivity contribution in [2.24, 2.45) is 15.0 Å². The third kappa shape index (κ3) is 8.78. The summed E-state index contributed by atoms with van der Waals surface area (Å²) in [6.07, 6.45) is 3.91. The first kappa shape index (κ1) is 29.0. The summed E-state index contributed by atoms with van der Waals surface area (Å²) in [7, 11) is 1.93. The second-order valence-corrected chi connectivity index (χ2v) is 8.83. The number of halogens is 1. The largest absolute Gasteiger partial charge is 0.384 e. The molecule has 9 nitrogen and oxygen atoms in total. The molecule has 0 bridgehead atoms. The Bertz CT molecular complexity index is 1020. The minimum absolute atomic E-state index is 0.0557. The van der Waals surface area contributed by atoms with E-state index >= 15 is 0 Å². The number of aliphatic imine (C=N–C) groups is 3. The van der Waals surface area contributed by atoms with Crippen LogP contribution in [0.1, 0.15) is 38.3 Å². The highest BCUT2D eigenvalue weighted by Gasteiger charge is 2.29. The van der Waals surface area contributed by atoms with E-state index in [2.05, 4.69) is 62.0 Å². The van der Waals surface area contributed by atoms with Crippen LogP contribution < -0.4 is 21.3 Å². The highest BCUT2D eigenvalue weighted by Crippen LogP contribution is 2.21. The van der Waals surface area contributed by atoms with Gasteiger partial charge in [-0.05, 0) is 76.5 Å². The van der Waals surface area contributed by atoms with Gasteiger partial charge in [0, 0.05) is 24.9 Å². The van der Waals surface area contributed by atoms with E-state index in [0.29, 0.717) is 6.29 Å². The molecule has 1 atom stereocenters. The van der Waals surface area contributed by atoms with E-state index in [0.717, 1.165) is 31.7 Å². The molecule has 1 unspecified atom stereocenters. The zero-order valence-corrected chi connectivity index (χ0v) is 21.6. The van der Waals surface area contributed by atoms with Crippen molar-refractivity contribution in [2.45, 2.75) is 51.9 Å². The van der Waals surface area contributed by atoms with E-state index in [4.69, 9.17) is 0 Å². The molecule has 3 rings (SSSR count). The van der Waals surface area contributed by atoms with Gasteiger partial charge in [0.05, 0.1) is 5.57 Å². The summed E-state index contributed by atoms with van der Waals surface area (Å²) >= 11 is 0. The van der Waals surface area contributed by atoms with E-state index in [-0.39, 0.29) is 30.2 Å². The smallest absolute Gasteiger partial charge is 0.155 e. The Morgan fingerprint density at radius 3 is 2.78 bits per heavy atom. The number of aldehydes is 1. The summed E-state index contributed by atoms with van der Waals surface area (Å²) in [4.78, 5) is 24.0. The average molecular weight is 500 g/mol. The Kier molecular flexibility index (Phi) is 11.6. The van der Waals surface area contributed by atoms with Crippen molar-refractivity contribution < 1.29 is 14.3 Å².